The van der Waals surface area contributed by atoms with Crippen LogP contribution in [0.25, 0.3) is 0 Å². The largest absolute Gasteiger partial charge is 1.00 e. The maximum atomic E-state index is 10.6. The third kappa shape index (κ3) is 2.54. The van der Waals surface area contributed by atoms with Gasteiger partial charge in [0.1, 0.15) is 0 Å². The molecule has 3 heteroatoms. The van der Waals surface area contributed by atoms with Crippen molar-refractivity contribution in [1.82, 2.24) is 0 Å². The Bertz CT molecular complexity index is 139. The molecule has 1 rings (SSSR count). The van der Waals surface area contributed by atoms with Crippen molar-refractivity contribution < 1.29 is 28.8 Å². The van der Waals surface area contributed by atoms with Crippen molar-refractivity contribution in [2.45, 2.75) is 39.0 Å². The minimum absolute atomic E-state index is 0. The topological polar surface area (TPSA) is 40.1 Å². The second-order valence-electron chi connectivity index (χ2n) is 3.41. The molecule has 0 saturated heterocycles. The standard InChI is InChI=1S/C8H14O2.Li/c1-8(7(9)10)5-3-2-4-6-8;/h2-6H2,1H3,(H,9,10);/q;+1/p-1. The zero-order chi connectivity index (χ0) is 7.61. The Labute approximate surface area is 79.5 Å². The van der Waals surface area contributed by atoms with Gasteiger partial charge < -0.3 is 9.90 Å². The fourth-order valence-corrected chi connectivity index (χ4v) is 1.54. The van der Waals surface area contributed by atoms with Crippen molar-refractivity contribution in [3.63, 3.8) is 0 Å². The zero-order valence-corrected chi connectivity index (χ0v) is 7.35. The Morgan fingerprint density at radius 3 is 2.00 bits per heavy atom. The molecule has 0 bridgehead atoms. The Hall–Kier alpha value is 0.0674. The van der Waals surface area contributed by atoms with Crippen LogP contribution >= 0.6 is 0 Å². The molecule has 0 aromatic rings. The van der Waals surface area contributed by atoms with Crippen LogP contribution < -0.4 is 24.0 Å². The van der Waals surface area contributed by atoms with E-state index < -0.39 is 11.4 Å². The van der Waals surface area contributed by atoms with Gasteiger partial charge in [0.25, 0.3) is 0 Å². The second-order valence-corrected chi connectivity index (χ2v) is 3.41. The number of aliphatic carboxylic acids is 1. The molecule has 0 amide bonds. The van der Waals surface area contributed by atoms with E-state index in [1.54, 1.807) is 6.92 Å². The molecule has 1 aliphatic rings. The van der Waals surface area contributed by atoms with Gasteiger partial charge in [0.05, 0.1) is 0 Å². The molecular weight excluding hydrogens is 135 g/mol. The summed E-state index contributed by atoms with van der Waals surface area (Å²) in [4.78, 5) is 10.6. The quantitative estimate of drug-likeness (QED) is 0.393. The van der Waals surface area contributed by atoms with Crippen LogP contribution in [0.3, 0.4) is 0 Å². The Kier molecular flexibility index (Phi) is 4.21. The summed E-state index contributed by atoms with van der Waals surface area (Å²) in [6, 6.07) is 0. The first-order valence-corrected chi connectivity index (χ1v) is 3.87. The number of hydrogen-bond donors (Lipinski definition) is 0. The molecule has 0 radical (unpaired) electrons. The van der Waals surface area contributed by atoms with Gasteiger partial charge in [0.2, 0.25) is 0 Å². The predicted molar refractivity (Wildman–Crippen MR) is 36.2 cm³/mol. The minimum Gasteiger partial charge on any atom is -0.550 e. The third-order valence-corrected chi connectivity index (χ3v) is 2.45. The first-order chi connectivity index (χ1) is 4.65. The van der Waals surface area contributed by atoms with Gasteiger partial charge in [-0.2, -0.15) is 0 Å². The summed E-state index contributed by atoms with van der Waals surface area (Å²) < 4.78 is 0. The van der Waals surface area contributed by atoms with Crippen LogP contribution in [0.2, 0.25) is 0 Å². The number of rotatable bonds is 1. The van der Waals surface area contributed by atoms with Gasteiger partial charge in [0.15, 0.2) is 0 Å². The summed E-state index contributed by atoms with van der Waals surface area (Å²) >= 11 is 0. The second kappa shape index (κ2) is 4.18. The zero-order valence-electron chi connectivity index (χ0n) is 7.35. The van der Waals surface area contributed by atoms with E-state index in [0.29, 0.717) is 0 Å². The molecule has 1 saturated carbocycles. The summed E-state index contributed by atoms with van der Waals surface area (Å²) in [6.07, 6.45) is 4.88. The fourth-order valence-electron chi connectivity index (χ4n) is 1.54. The number of carbonyl (C=O) groups is 1. The number of hydrogen-bond acceptors (Lipinski definition) is 2. The van der Waals surface area contributed by atoms with Gasteiger partial charge in [-0.1, -0.05) is 26.2 Å². The first-order valence-electron chi connectivity index (χ1n) is 3.87. The molecule has 0 aromatic heterocycles. The summed E-state index contributed by atoms with van der Waals surface area (Å²) in [6.45, 7) is 1.79. The van der Waals surface area contributed by atoms with Gasteiger partial charge in [-0.3, -0.25) is 0 Å². The normalized spacial score (nSPS) is 21.9. The predicted octanol–water partition coefficient (Wildman–Crippen LogP) is -2.29. The van der Waals surface area contributed by atoms with E-state index in [1.165, 1.54) is 6.42 Å². The van der Waals surface area contributed by atoms with Gasteiger partial charge >= 0.3 is 18.9 Å². The monoisotopic (exact) mass is 148 g/mol. The van der Waals surface area contributed by atoms with Crippen LogP contribution in [-0.4, -0.2) is 5.97 Å². The molecule has 58 valence electrons. The minimum atomic E-state index is -0.868. The Balaban J connectivity index is 0.000001000. The summed E-state index contributed by atoms with van der Waals surface area (Å²) in [5.41, 5.74) is -0.516. The molecule has 0 N–H and O–H groups in total. The van der Waals surface area contributed by atoms with E-state index in [9.17, 15) is 9.90 Å². The Morgan fingerprint density at radius 1 is 1.27 bits per heavy atom. The molecule has 2 nitrogen and oxygen atoms in total. The summed E-state index contributed by atoms with van der Waals surface area (Å²) in [5, 5.41) is 10.6. The van der Waals surface area contributed by atoms with E-state index in [2.05, 4.69) is 0 Å². The molecule has 0 heterocycles. The number of carboxylic acids is 1. The van der Waals surface area contributed by atoms with E-state index in [0.717, 1.165) is 25.7 Å². The summed E-state index contributed by atoms with van der Waals surface area (Å²) in [5.74, 6) is -0.868. The van der Waals surface area contributed by atoms with E-state index >= 15 is 0 Å². The van der Waals surface area contributed by atoms with Gasteiger partial charge in [-0.15, -0.1) is 0 Å². The van der Waals surface area contributed by atoms with Crippen molar-refractivity contribution in [1.29, 1.82) is 0 Å². The molecule has 0 aromatic carbocycles. The maximum Gasteiger partial charge on any atom is 1.00 e. The van der Waals surface area contributed by atoms with Crippen LogP contribution in [0.5, 0.6) is 0 Å². The van der Waals surface area contributed by atoms with Crippen LogP contribution in [-0.2, 0) is 4.79 Å². The van der Waals surface area contributed by atoms with E-state index in [4.69, 9.17) is 0 Å². The smallest absolute Gasteiger partial charge is 0.550 e. The fraction of sp³-hybridized carbons (Fsp3) is 0.875. The average molecular weight is 148 g/mol. The molecule has 0 spiro atoms. The Morgan fingerprint density at radius 2 is 1.73 bits per heavy atom. The molecule has 0 atom stereocenters. The molecule has 0 aliphatic heterocycles. The number of carbonyl (C=O) groups excluding carboxylic acids is 1. The molecule has 11 heavy (non-hydrogen) atoms. The van der Waals surface area contributed by atoms with Crippen LogP contribution in [0, 0.1) is 5.41 Å². The van der Waals surface area contributed by atoms with Crippen LogP contribution in [0.15, 0.2) is 0 Å². The molecule has 0 unspecified atom stereocenters. The molecular formula is C8H13LiO2. The molecule has 1 fully saturated rings. The van der Waals surface area contributed by atoms with Crippen LogP contribution in [0.4, 0.5) is 0 Å². The average Bonchev–Trinajstić information content (AvgIpc) is 1.89. The SMILES string of the molecule is CC1(C(=O)[O-])CCCCC1.[Li+]. The van der Waals surface area contributed by atoms with E-state index in [1.807, 2.05) is 0 Å². The number of carboxylic acid groups (broad SMARTS) is 1. The van der Waals surface area contributed by atoms with Gasteiger partial charge in [-0.05, 0) is 12.8 Å². The van der Waals surface area contributed by atoms with Gasteiger partial charge in [-0.25, -0.2) is 0 Å². The van der Waals surface area contributed by atoms with E-state index in [-0.39, 0.29) is 18.9 Å². The van der Waals surface area contributed by atoms with Crippen molar-refractivity contribution in [2.24, 2.45) is 5.41 Å². The van der Waals surface area contributed by atoms with Crippen LogP contribution in [0.1, 0.15) is 39.0 Å². The van der Waals surface area contributed by atoms with Crippen molar-refractivity contribution in [2.75, 3.05) is 0 Å². The third-order valence-electron chi connectivity index (χ3n) is 2.45. The van der Waals surface area contributed by atoms with Crippen molar-refractivity contribution in [3.05, 3.63) is 0 Å². The van der Waals surface area contributed by atoms with Gasteiger partial charge in [0, 0.05) is 11.4 Å². The van der Waals surface area contributed by atoms with Crippen molar-refractivity contribution >= 4 is 5.97 Å². The summed E-state index contributed by atoms with van der Waals surface area (Å²) in [7, 11) is 0. The maximum absolute atomic E-state index is 10.6. The first kappa shape index (κ1) is 11.1. The van der Waals surface area contributed by atoms with Crippen molar-refractivity contribution in [3.8, 4) is 0 Å². The molecule has 1 aliphatic carbocycles.